The molecule has 2 aliphatic rings. The van der Waals surface area contributed by atoms with Gasteiger partial charge in [0, 0.05) is 0 Å². The Balaban J connectivity index is 2.39. The van der Waals surface area contributed by atoms with Crippen LogP contribution in [-0.2, 0) is 0 Å². The molecular formula is C11H15F3. The molecule has 0 saturated heterocycles. The van der Waals surface area contributed by atoms with Gasteiger partial charge in [-0.05, 0) is 30.6 Å². The summed E-state index contributed by atoms with van der Waals surface area (Å²) in [5.74, 6) is -0.418. The van der Waals surface area contributed by atoms with Gasteiger partial charge in [0.2, 0.25) is 0 Å². The molecule has 2 aliphatic carbocycles. The average molecular weight is 204 g/mol. The highest BCUT2D eigenvalue weighted by atomic mass is 19.4. The summed E-state index contributed by atoms with van der Waals surface area (Å²) < 4.78 is 39.3. The zero-order chi connectivity index (χ0) is 10.6. The fraction of sp³-hybridized carbons (Fsp3) is 0.818. The Morgan fingerprint density at radius 1 is 1.29 bits per heavy atom. The second-order valence-corrected chi connectivity index (χ2v) is 4.88. The van der Waals surface area contributed by atoms with E-state index in [1.807, 2.05) is 6.08 Å². The van der Waals surface area contributed by atoms with Gasteiger partial charge in [0.25, 0.3) is 0 Å². The van der Waals surface area contributed by atoms with E-state index in [2.05, 4.69) is 0 Å². The molecule has 0 aromatic carbocycles. The molecule has 3 atom stereocenters. The Kier molecular flexibility index (Phi) is 1.99. The first-order chi connectivity index (χ1) is 6.38. The van der Waals surface area contributed by atoms with Crippen molar-refractivity contribution in [3.63, 3.8) is 0 Å². The van der Waals surface area contributed by atoms with Crippen LogP contribution in [0.1, 0.15) is 26.7 Å². The average Bonchev–Trinajstić information content (AvgIpc) is 2.59. The number of rotatable bonds is 1. The first-order valence-corrected chi connectivity index (χ1v) is 5.13. The van der Waals surface area contributed by atoms with E-state index in [-0.39, 0.29) is 17.8 Å². The number of hydrogen-bond donors (Lipinski definition) is 0. The van der Waals surface area contributed by atoms with Gasteiger partial charge >= 0.3 is 6.18 Å². The minimum Gasteiger partial charge on any atom is -0.170 e. The van der Waals surface area contributed by atoms with Crippen LogP contribution in [0.15, 0.2) is 12.2 Å². The predicted octanol–water partition coefficient (Wildman–Crippen LogP) is 3.79. The van der Waals surface area contributed by atoms with Gasteiger partial charge in [-0.25, -0.2) is 0 Å². The monoisotopic (exact) mass is 204 g/mol. The lowest BCUT2D eigenvalue weighted by molar-refractivity contribution is -0.249. The largest absolute Gasteiger partial charge is 0.395 e. The zero-order valence-corrected chi connectivity index (χ0v) is 8.43. The molecule has 0 spiro atoms. The van der Waals surface area contributed by atoms with Crippen molar-refractivity contribution in [3.05, 3.63) is 12.2 Å². The molecule has 0 radical (unpaired) electrons. The third kappa shape index (κ3) is 1.07. The quantitative estimate of drug-likeness (QED) is 0.570. The van der Waals surface area contributed by atoms with Crippen LogP contribution >= 0.6 is 0 Å². The summed E-state index contributed by atoms with van der Waals surface area (Å²) in [7, 11) is 0. The second-order valence-electron chi connectivity index (χ2n) is 4.88. The fourth-order valence-electron chi connectivity index (χ4n) is 3.21. The summed E-state index contributed by atoms with van der Waals surface area (Å²) >= 11 is 0. The zero-order valence-electron chi connectivity index (χ0n) is 8.43. The van der Waals surface area contributed by atoms with Crippen LogP contribution in [-0.4, -0.2) is 6.18 Å². The summed E-state index contributed by atoms with van der Waals surface area (Å²) in [5.41, 5.74) is -1.44. The van der Waals surface area contributed by atoms with Gasteiger partial charge in [0.05, 0.1) is 5.41 Å². The van der Waals surface area contributed by atoms with E-state index >= 15 is 0 Å². The molecule has 2 bridgehead atoms. The molecular weight excluding hydrogens is 189 g/mol. The predicted molar refractivity (Wildman–Crippen MR) is 48.7 cm³/mol. The Morgan fingerprint density at radius 3 is 2.14 bits per heavy atom. The summed E-state index contributed by atoms with van der Waals surface area (Å²) in [6.07, 6.45) is 0.692. The highest BCUT2D eigenvalue weighted by Crippen LogP contribution is 2.63. The van der Waals surface area contributed by atoms with Crippen molar-refractivity contribution >= 4 is 0 Å². The SMILES string of the molecule is CC(C)C1(C(F)(F)F)CC2C=CC1C2. The van der Waals surface area contributed by atoms with Crippen molar-refractivity contribution in [2.24, 2.45) is 23.2 Å². The highest BCUT2D eigenvalue weighted by Gasteiger charge is 2.64. The van der Waals surface area contributed by atoms with Gasteiger partial charge in [-0.15, -0.1) is 0 Å². The minimum absolute atomic E-state index is 0.170. The molecule has 0 nitrogen and oxygen atoms in total. The maximum atomic E-state index is 13.1. The number of alkyl halides is 3. The van der Waals surface area contributed by atoms with E-state index in [0.717, 1.165) is 0 Å². The van der Waals surface area contributed by atoms with Gasteiger partial charge in [0.15, 0.2) is 0 Å². The van der Waals surface area contributed by atoms with E-state index < -0.39 is 11.6 Å². The molecule has 0 heterocycles. The number of hydrogen-bond acceptors (Lipinski definition) is 0. The van der Waals surface area contributed by atoms with Crippen LogP contribution in [0.4, 0.5) is 13.2 Å². The van der Waals surface area contributed by atoms with Gasteiger partial charge in [0.1, 0.15) is 0 Å². The highest BCUT2D eigenvalue weighted by molar-refractivity contribution is 5.18. The molecule has 0 aliphatic heterocycles. The molecule has 3 unspecified atom stereocenters. The van der Waals surface area contributed by atoms with E-state index in [9.17, 15) is 13.2 Å². The fourth-order valence-corrected chi connectivity index (χ4v) is 3.21. The second kappa shape index (κ2) is 2.77. The summed E-state index contributed by atoms with van der Waals surface area (Å²) in [5, 5.41) is 0. The van der Waals surface area contributed by atoms with E-state index in [1.54, 1.807) is 19.9 Å². The first kappa shape index (κ1) is 10.1. The maximum Gasteiger partial charge on any atom is 0.395 e. The summed E-state index contributed by atoms with van der Waals surface area (Å²) in [6, 6.07) is 0. The molecule has 0 aromatic heterocycles. The van der Waals surface area contributed by atoms with Crippen LogP contribution in [0.5, 0.6) is 0 Å². The Hall–Kier alpha value is -0.470. The van der Waals surface area contributed by atoms with Crippen molar-refractivity contribution in [3.8, 4) is 0 Å². The third-order valence-corrected chi connectivity index (χ3v) is 3.99. The Morgan fingerprint density at radius 2 is 1.93 bits per heavy atom. The summed E-state index contributed by atoms with van der Waals surface area (Å²) in [6.45, 7) is 3.39. The lowest BCUT2D eigenvalue weighted by Crippen LogP contribution is -2.45. The van der Waals surface area contributed by atoms with Crippen LogP contribution in [0.2, 0.25) is 0 Å². The van der Waals surface area contributed by atoms with Crippen LogP contribution in [0.3, 0.4) is 0 Å². The van der Waals surface area contributed by atoms with E-state index in [4.69, 9.17) is 0 Å². The van der Waals surface area contributed by atoms with Gasteiger partial charge in [-0.2, -0.15) is 13.2 Å². The topological polar surface area (TPSA) is 0 Å². The lowest BCUT2D eigenvalue weighted by Gasteiger charge is -2.41. The number of allylic oxidation sites excluding steroid dienone is 2. The van der Waals surface area contributed by atoms with Crippen molar-refractivity contribution in [2.75, 3.05) is 0 Å². The standard InChI is InChI=1S/C11H15F3/c1-7(2)10(11(12,13)14)6-8-3-4-9(10)5-8/h3-4,7-9H,5-6H2,1-2H3. The van der Waals surface area contributed by atoms with Gasteiger partial charge in [-0.1, -0.05) is 26.0 Å². The minimum atomic E-state index is -4.05. The maximum absolute atomic E-state index is 13.1. The van der Waals surface area contributed by atoms with Crippen molar-refractivity contribution < 1.29 is 13.2 Å². The van der Waals surface area contributed by atoms with Gasteiger partial charge < -0.3 is 0 Å². The number of fused-ring (bicyclic) bond motifs is 2. The van der Waals surface area contributed by atoms with Crippen LogP contribution in [0, 0.1) is 23.2 Å². The van der Waals surface area contributed by atoms with Gasteiger partial charge in [-0.3, -0.25) is 0 Å². The van der Waals surface area contributed by atoms with E-state index in [1.165, 1.54) is 0 Å². The molecule has 0 aromatic rings. The molecule has 2 rings (SSSR count). The van der Waals surface area contributed by atoms with Crippen molar-refractivity contribution in [2.45, 2.75) is 32.9 Å². The molecule has 0 N–H and O–H groups in total. The molecule has 80 valence electrons. The first-order valence-electron chi connectivity index (χ1n) is 5.13. The molecule has 0 amide bonds. The molecule has 14 heavy (non-hydrogen) atoms. The summed E-state index contributed by atoms with van der Waals surface area (Å²) in [4.78, 5) is 0. The Bertz CT molecular complexity index is 264. The third-order valence-electron chi connectivity index (χ3n) is 3.99. The molecule has 1 fully saturated rings. The van der Waals surface area contributed by atoms with Crippen molar-refractivity contribution in [1.29, 1.82) is 0 Å². The number of halogens is 3. The Labute approximate surface area is 82.2 Å². The molecule has 1 saturated carbocycles. The smallest absolute Gasteiger partial charge is 0.170 e. The van der Waals surface area contributed by atoms with Crippen LogP contribution in [0.25, 0.3) is 0 Å². The normalized spacial score (nSPS) is 41.3. The van der Waals surface area contributed by atoms with Crippen molar-refractivity contribution in [1.82, 2.24) is 0 Å². The van der Waals surface area contributed by atoms with E-state index in [0.29, 0.717) is 12.8 Å². The molecule has 3 heteroatoms. The lowest BCUT2D eigenvalue weighted by atomic mass is 9.67. The van der Waals surface area contributed by atoms with Crippen LogP contribution < -0.4 is 0 Å².